The van der Waals surface area contributed by atoms with Crippen LogP contribution in [0.15, 0.2) is 57.8 Å². The van der Waals surface area contributed by atoms with Gasteiger partial charge >= 0.3 is 0 Å². The zero-order chi connectivity index (χ0) is 15.5. The summed E-state index contributed by atoms with van der Waals surface area (Å²) < 4.78 is 27.5. The standard InChI is InChI=1S/C13H9ClN2O4S/c14-11-3-1-10(2-4-11)9-15-21(19,20)13-7-5-12(6-8-13)16(17)18/h1-9H. The lowest BCUT2D eigenvalue weighted by Crippen LogP contribution is -1.98. The molecule has 108 valence electrons. The molecule has 0 aromatic heterocycles. The average Bonchev–Trinajstić information content (AvgIpc) is 2.47. The molecule has 0 aliphatic carbocycles. The quantitative estimate of drug-likeness (QED) is 0.491. The van der Waals surface area contributed by atoms with Crippen LogP contribution in [0.3, 0.4) is 0 Å². The van der Waals surface area contributed by atoms with Crippen LogP contribution < -0.4 is 0 Å². The molecule has 21 heavy (non-hydrogen) atoms. The summed E-state index contributed by atoms with van der Waals surface area (Å²) in [6.07, 6.45) is 1.19. The summed E-state index contributed by atoms with van der Waals surface area (Å²) in [7, 11) is -3.90. The van der Waals surface area contributed by atoms with Crippen LogP contribution >= 0.6 is 11.6 Å². The van der Waals surface area contributed by atoms with E-state index in [2.05, 4.69) is 4.40 Å². The molecule has 0 N–H and O–H groups in total. The lowest BCUT2D eigenvalue weighted by Gasteiger charge is -1.98. The number of sulfonamides is 1. The van der Waals surface area contributed by atoms with Crippen molar-refractivity contribution in [3.63, 3.8) is 0 Å². The van der Waals surface area contributed by atoms with Crippen molar-refractivity contribution in [3.05, 3.63) is 69.2 Å². The van der Waals surface area contributed by atoms with Gasteiger partial charge in [0.1, 0.15) is 0 Å². The van der Waals surface area contributed by atoms with E-state index in [1.807, 2.05) is 0 Å². The number of hydrogen-bond donors (Lipinski definition) is 0. The van der Waals surface area contributed by atoms with Gasteiger partial charge in [0.15, 0.2) is 0 Å². The summed E-state index contributed by atoms with van der Waals surface area (Å²) in [6, 6.07) is 11.0. The van der Waals surface area contributed by atoms with Gasteiger partial charge in [-0.3, -0.25) is 10.1 Å². The molecule has 0 unspecified atom stereocenters. The minimum atomic E-state index is -3.90. The van der Waals surface area contributed by atoms with Crippen molar-refractivity contribution in [1.29, 1.82) is 0 Å². The molecule has 0 saturated carbocycles. The van der Waals surface area contributed by atoms with Crippen molar-refractivity contribution >= 4 is 33.5 Å². The lowest BCUT2D eigenvalue weighted by molar-refractivity contribution is -0.384. The Morgan fingerprint density at radius 1 is 1.05 bits per heavy atom. The van der Waals surface area contributed by atoms with E-state index in [4.69, 9.17) is 11.6 Å². The fourth-order valence-electron chi connectivity index (χ4n) is 1.48. The predicted molar refractivity (Wildman–Crippen MR) is 79.3 cm³/mol. The fraction of sp³-hybridized carbons (Fsp3) is 0. The van der Waals surface area contributed by atoms with Crippen molar-refractivity contribution in [2.45, 2.75) is 4.90 Å². The van der Waals surface area contributed by atoms with E-state index in [0.717, 1.165) is 24.3 Å². The first-order chi connectivity index (χ1) is 9.88. The molecule has 0 spiro atoms. The van der Waals surface area contributed by atoms with E-state index < -0.39 is 14.9 Å². The van der Waals surface area contributed by atoms with Crippen LogP contribution in [0.5, 0.6) is 0 Å². The normalized spacial score (nSPS) is 11.7. The predicted octanol–water partition coefficient (Wildman–Crippen LogP) is 3.06. The van der Waals surface area contributed by atoms with Gasteiger partial charge in [0.25, 0.3) is 15.7 Å². The number of halogens is 1. The molecule has 0 bridgehead atoms. The number of nitrogens with zero attached hydrogens (tertiary/aromatic N) is 2. The highest BCUT2D eigenvalue weighted by molar-refractivity contribution is 7.90. The summed E-state index contributed by atoms with van der Waals surface area (Å²) in [4.78, 5) is 9.80. The molecule has 2 rings (SSSR count). The molecule has 0 saturated heterocycles. The third-order valence-electron chi connectivity index (χ3n) is 2.56. The van der Waals surface area contributed by atoms with Crippen molar-refractivity contribution in [1.82, 2.24) is 0 Å². The Morgan fingerprint density at radius 3 is 2.14 bits per heavy atom. The van der Waals surface area contributed by atoms with Crippen LogP contribution in [0, 0.1) is 10.1 Å². The van der Waals surface area contributed by atoms with Crippen molar-refractivity contribution in [2.75, 3.05) is 0 Å². The lowest BCUT2D eigenvalue weighted by atomic mass is 10.2. The Bertz CT molecular complexity index is 784. The molecule has 0 amide bonds. The highest BCUT2D eigenvalue weighted by Crippen LogP contribution is 2.17. The summed E-state index contributed by atoms with van der Waals surface area (Å²) >= 11 is 5.72. The van der Waals surface area contributed by atoms with Crippen LogP contribution in [0.4, 0.5) is 5.69 Å². The van der Waals surface area contributed by atoms with Crippen molar-refractivity contribution in [3.8, 4) is 0 Å². The molecule has 2 aromatic rings. The molecule has 0 atom stereocenters. The van der Waals surface area contributed by atoms with Crippen LogP contribution in [-0.2, 0) is 10.0 Å². The topological polar surface area (TPSA) is 89.6 Å². The number of nitro benzene ring substituents is 1. The molecule has 0 aliphatic rings. The minimum Gasteiger partial charge on any atom is -0.258 e. The van der Waals surface area contributed by atoms with E-state index in [1.54, 1.807) is 24.3 Å². The third-order valence-corrected chi connectivity index (χ3v) is 4.06. The van der Waals surface area contributed by atoms with E-state index >= 15 is 0 Å². The van der Waals surface area contributed by atoms with Gasteiger partial charge in [0.05, 0.1) is 9.82 Å². The maximum atomic E-state index is 12.0. The number of nitro groups is 1. The summed E-state index contributed by atoms with van der Waals surface area (Å²) in [5, 5.41) is 11.0. The number of non-ortho nitro benzene ring substituents is 1. The molecule has 0 aliphatic heterocycles. The third kappa shape index (κ3) is 3.87. The smallest absolute Gasteiger partial charge is 0.258 e. The molecule has 0 radical (unpaired) electrons. The zero-order valence-electron chi connectivity index (χ0n) is 10.5. The van der Waals surface area contributed by atoms with E-state index in [9.17, 15) is 18.5 Å². The van der Waals surface area contributed by atoms with Gasteiger partial charge in [-0.25, -0.2) is 0 Å². The Kier molecular flexibility index (Phi) is 4.35. The molecule has 8 heteroatoms. The fourth-order valence-corrected chi connectivity index (χ4v) is 2.47. The van der Waals surface area contributed by atoms with Crippen LogP contribution in [0.1, 0.15) is 5.56 Å². The molecule has 0 fully saturated rings. The van der Waals surface area contributed by atoms with Gasteiger partial charge in [0, 0.05) is 23.4 Å². The molecular weight excluding hydrogens is 316 g/mol. The number of rotatable bonds is 4. The Morgan fingerprint density at radius 2 is 1.62 bits per heavy atom. The van der Waals surface area contributed by atoms with Gasteiger partial charge in [-0.05, 0) is 29.8 Å². The average molecular weight is 325 g/mol. The highest BCUT2D eigenvalue weighted by Gasteiger charge is 2.13. The second kappa shape index (κ2) is 6.02. The first kappa shape index (κ1) is 15.1. The molecule has 2 aromatic carbocycles. The summed E-state index contributed by atoms with van der Waals surface area (Å²) in [6.45, 7) is 0. The largest absolute Gasteiger partial charge is 0.282 e. The van der Waals surface area contributed by atoms with Gasteiger partial charge in [0.2, 0.25) is 0 Å². The second-order valence-corrected chi connectivity index (χ2v) is 6.08. The Hall–Kier alpha value is -2.25. The second-order valence-electron chi connectivity index (χ2n) is 4.01. The molecular formula is C13H9ClN2O4S. The Balaban J connectivity index is 2.25. The van der Waals surface area contributed by atoms with Gasteiger partial charge in [-0.1, -0.05) is 23.7 Å². The van der Waals surface area contributed by atoms with Gasteiger partial charge < -0.3 is 0 Å². The summed E-state index contributed by atoms with van der Waals surface area (Å²) in [5.74, 6) is 0. The van der Waals surface area contributed by atoms with Gasteiger partial charge in [-0.15, -0.1) is 0 Å². The Labute approximate surface area is 125 Å². The SMILES string of the molecule is O=[N+]([O-])c1ccc(S(=O)(=O)N=Cc2ccc(Cl)cc2)cc1. The van der Waals surface area contributed by atoms with E-state index in [1.165, 1.54) is 6.21 Å². The maximum Gasteiger partial charge on any atom is 0.282 e. The van der Waals surface area contributed by atoms with Crippen LogP contribution in [-0.4, -0.2) is 19.6 Å². The maximum absolute atomic E-state index is 12.0. The van der Waals surface area contributed by atoms with Crippen molar-refractivity contribution in [2.24, 2.45) is 4.40 Å². The monoisotopic (exact) mass is 324 g/mol. The molecule has 6 nitrogen and oxygen atoms in total. The summed E-state index contributed by atoms with van der Waals surface area (Å²) in [5.41, 5.74) is 0.389. The minimum absolute atomic E-state index is 0.113. The van der Waals surface area contributed by atoms with E-state index in [-0.39, 0.29) is 10.6 Å². The van der Waals surface area contributed by atoms with Crippen LogP contribution in [0.2, 0.25) is 5.02 Å². The number of benzene rings is 2. The zero-order valence-corrected chi connectivity index (χ0v) is 12.1. The number of hydrogen-bond acceptors (Lipinski definition) is 4. The van der Waals surface area contributed by atoms with E-state index in [0.29, 0.717) is 10.6 Å². The highest BCUT2D eigenvalue weighted by atomic mass is 35.5. The molecule has 0 heterocycles. The first-order valence-corrected chi connectivity index (χ1v) is 7.51. The first-order valence-electron chi connectivity index (χ1n) is 5.69. The van der Waals surface area contributed by atoms with Crippen molar-refractivity contribution < 1.29 is 13.3 Å². The van der Waals surface area contributed by atoms with Gasteiger partial charge in [-0.2, -0.15) is 12.8 Å². The van der Waals surface area contributed by atoms with Crippen LogP contribution in [0.25, 0.3) is 0 Å².